The molecule has 6 heteroatoms. The van der Waals surface area contributed by atoms with Crippen LogP contribution in [0.15, 0.2) is 51.4 Å². The number of aryl methyl sites for hydroxylation is 1. The fourth-order valence-corrected chi connectivity index (χ4v) is 5.03. The van der Waals surface area contributed by atoms with Crippen LogP contribution in [0.1, 0.15) is 36.7 Å². The number of alkyl halides is 1. The quantitative estimate of drug-likeness (QED) is 0.293. The van der Waals surface area contributed by atoms with Crippen LogP contribution in [0.5, 0.6) is 5.75 Å². The van der Waals surface area contributed by atoms with Gasteiger partial charge in [-0.1, -0.05) is 57.3 Å². The third kappa shape index (κ3) is 4.00. The Morgan fingerprint density at radius 1 is 1.21 bits per heavy atom. The predicted octanol–water partition coefficient (Wildman–Crippen LogP) is 6.28. The number of hydrogen-bond donors (Lipinski definition) is 1. The van der Waals surface area contributed by atoms with E-state index in [4.69, 9.17) is 13.9 Å². The first-order valence-corrected chi connectivity index (χ1v) is 11.6. The van der Waals surface area contributed by atoms with Crippen molar-refractivity contribution in [3.63, 3.8) is 0 Å². The van der Waals surface area contributed by atoms with E-state index in [1.54, 1.807) is 7.11 Å². The molecule has 1 aliphatic heterocycles. The van der Waals surface area contributed by atoms with Gasteiger partial charge in [0.05, 0.1) is 18.8 Å². The number of nitrogens with one attached hydrogen (secondary N) is 1. The van der Waals surface area contributed by atoms with Crippen LogP contribution in [0.2, 0.25) is 0 Å². The lowest BCUT2D eigenvalue weighted by atomic mass is 9.85. The Hall–Kier alpha value is -1.34. The highest BCUT2D eigenvalue weighted by Gasteiger charge is 2.45. The van der Waals surface area contributed by atoms with Crippen LogP contribution < -0.4 is 10.1 Å². The molecule has 0 spiro atoms. The minimum Gasteiger partial charge on any atom is -0.497 e. The highest BCUT2D eigenvalue weighted by atomic mass is 79.9. The molecule has 1 aliphatic rings. The first-order valence-electron chi connectivity index (χ1n) is 9.93. The first-order chi connectivity index (χ1) is 14.1. The van der Waals surface area contributed by atoms with Crippen molar-refractivity contribution in [1.82, 2.24) is 5.32 Å². The molecule has 1 aromatic heterocycles. The molecular formula is C23H25Br2NO3. The van der Waals surface area contributed by atoms with Crippen LogP contribution in [-0.4, -0.2) is 18.8 Å². The summed E-state index contributed by atoms with van der Waals surface area (Å²) in [5, 5.41) is 4.55. The van der Waals surface area contributed by atoms with Gasteiger partial charge in [0.25, 0.3) is 0 Å². The van der Waals surface area contributed by atoms with Crippen LogP contribution in [0.3, 0.4) is 0 Å². The number of methoxy groups -OCH3 is 1. The van der Waals surface area contributed by atoms with Crippen LogP contribution in [-0.2, 0) is 23.2 Å². The highest BCUT2D eigenvalue weighted by molar-refractivity contribution is 9.10. The summed E-state index contributed by atoms with van der Waals surface area (Å²) in [6.45, 7) is 2.70. The Bertz CT molecular complexity index is 986. The maximum atomic E-state index is 6.37. The van der Waals surface area contributed by atoms with Crippen molar-refractivity contribution in [2.75, 3.05) is 13.8 Å². The normalized spacial score (nSPS) is 21.7. The molecule has 0 aliphatic carbocycles. The molecule has 2 heterocycles. The smallest absolute Gasteiger partial charge is 0.135 e. The second kappa shape index (κ2) is 8.80. The lowest BCUT2D eigenvalue weighted by Gasteiger charge is -2.32. The van der Waals surface area contributed by atoms with E-state index < -0.39 is 5.60 Å². The average molecular weight is 523 g/mol. The minimum atomic E-state index is -0.531. The van der Waals surface area contributed by atoms with Gasteiger partial charge in [0.15, 0.2) is 0 Å². The van der Waals surface area contributed by atoms with Crippen molar-refractivity contribution in [2.45, 2.75) is 43.2 Å². The minimum absolute atomic E-state index is 0.0113. The molecule has 0 radical (unpaired) electrons. The van der Waals surface area contributed by atoms with Gasteiger partial charge in [-0.05, 0) is 42.3 Å². The number of fused-ring (bicyclic) bond motifs is 1. The lowest BCUT2D eigenvalue weighted by Crippen LogP contribution is -2.39. The lowest BCUT2D eigenvalue weighted by molar-refractivity contribution is 0.00352. The molecule has 0 amide bonds. The number of benzene rings is 2. The SMILES string of the molecule is CCCCc1oc2cc(Br)ccc2c1CC1(c2ccc(OC)cc2)OCNC1Br. The van der Waals surface area contributed by atoms with Crippen LogP contribution in [0.25, 0.3) is 11.0 Å². The summed E-state index contributed by atoms with van der Waals surface area (Å²) in [5.41, 5.74) is 2.72. The van der Waals surface area contributed by atoms with E-state index in [1.165, 1.54) is 5.56 Å². The van der Waals surface area contributed by atoms with Gasteiger partial charge in [-0.3, -0.25) is 5.32 Å². The molecule has 2 aromatic carbocycles. The molecule has 1 fully saturated rings. The summed E-state index contributed by atoms with van der Waals surface area (Å²) in [6.07, 6.45) is 3.87. The van der Waals surface area contributed by atoms with Gasteiger partial charge in [0, 0.05) is 28.3 Å². The van der Waals surface area contributed by atoms with Crippen LogP contribution in [0, 0.1) is 0 Å². The molecule has 1 saturated heterocycles. The Morgan fingerprint density at radius 2 is 2.00 bits per heavy atom. The highest BCUT2D eigenvalue weighted by Crippen LogP contribution is 2.43. The average Bonchev–Trinajstić information content (AvgIpc) is 3.27. The molecule has 2 unspecified atom stereocenters. The van der Waals surface area contributed by atoms with Gasteiger partial charge < -0.3 is 13.9 Å². The topological polar surface area (TPSA) is 43.6 Å². The fourth-order valence-electron chi connectivity index (χ4n) is 4.00. The standard InChI is InChI=1S/C23H25Br2NO3/c1-3-4-5-20-19(18-11-8-16(24)12-21(18)29-20)13-23(22(25)26-14-28-23)15-6-9-17(27-2)10-7-15/h6-12,22,26H,3-5,13-14H2,1-2H3. The van der Waals surface area contributed by atoms with Crippen molar-refractivity contribution >= 4 is 42.8 Å². The molecule has 154 valence electrons. The van der Waals surface area contributed by atoms with E-state index >= 15 is 0 Å². The van der Waals surface area contributed by atoms with Gasteiger partial charge >= 0.3 is 0 Å². The van der Waals surface area contributed by atoms with Crippen LogP contribution in [0.4, 0.5) is 0 Å². The third-order valence-corrected chi connectivity index (χ3v) is 7.17. The van der Waals surface area contributed by atoms with E-state index in [1.807, 2.05) is 18.2 Å². The second-order valence-electron chi connectivity index (χ2n) is 7.40. The summed E-state index contributed by atoms with van der Waals surface area (Å²) >= 11 is 7.39. The number of rotatable bonds is 7. The number of ether oxygens (including phenoxy) is 2. The molecule has 4 rings (SSSR count). The predicted molar refractivity (Wildman–Crippen MR) is 123 cm³/mol. The summed E-state index contributed by atoms with van der Waals surface area (Å²) in [7, 11) is 1.68. The molecule has 0 saturated carbocycles. The first kappa shape index (κ1) is 20.9. The number of halogens is 2. The Labute approximate surface area is 188 Å². The zero-order valence-corrected chi connectivity index (χ0v) is 19.8. The Balaban J connectivity index is 1.80. The zero-order chi connectivity index (χ0) is 20.4. The van der Waals surface area contributed by atoms with E-state index in [9.17, 15) is 0 Å². The molecular weight excluding hydrogens is 498 g/mol. The summed E-state index contributed by atoms with van der Waals surface area (Å²) in [5.74, 6) is 1.89. The summed E-state index contributed by atoms with van der Waals surface area (Å²) in [4.78, 5) is -0.0113. The molecule has 4 nitrogen and oxygen atoms in total. The van der Waals surface area contributed by atoms with Gasteiger partial charge in [-0.25, -0.2) is 0 Å². The zero-order valence-electron chi connectivity index (χ0n) is 16.6. The molecule has 2 atom stereocenters. The fraction of sp³-hybridized carbons (Fsp3) is 0.391. The number of furan rings is 1. The van der Waals surface area contributed by atoms with Crippen molar-refractivity contribution in [3.05, 3.63) is 63.8 Å². The van der Waals surface area contributed by atoms with Gasteiger partial charge in [-0.2, -0.15) is 0 Å². The molecule has 1 N–H and O–H groups in total. The monoisotopic (exact) mass is 521 g/mol. The summed E-state index contributed by atoms with van der Waals surface area (Å²) < 4.78 is 19.0. The van der Waals surface area contributed by atoms with Crippen molar-refractivity contribution in [2.24, 2.45) is 0 Å². The van der Waals surface area contributed by atoms with Crippen molar-refractivity contribution < 1.29 is 13.9 Å². The second-order valence-corrected chi connectivity index (χ2v) is 9.23. The van der Waals surface area contributed by atoms with E-state index in [0.717, 1.165) is 58.2 Å². The van der Waals surface area contributed by atoms with Gasteiger partial charge in [0.1, 0.15) is 22.7 Å². The van der Waals surface area contributed by atoms with Crippen molar-refractivity contribution in [1.29, 1.82) is 0 Å². The third-order valence-electron chi connectivity index (χ3n) is 5.62. The van der Waals surface area contributed by atoms with E-state index in [0.29, 0.717) is 6.73 Å². The van der Waals surface area contributed by atoms with Crippen molar-refractivity contribution in [3.8, 4) is 5.75 Å². The molecule has 0 bridgehead atoms. The maximum Gasteiger partial charge on any atom is 0.135 e. The van der Waals surface area contributed by atoms with Gasteiger partial charge in [-0.15, -0.1) is 0 Å². The molecule has 3 aromatic rings. The van der Waals surface area contributed by atoms with E-state index in [2.05, 4.69) is 68.4 Å². The van der Waals surface area contributed by atoms with E-state index in [-0.39, 0.29) is 4.95 Å². The number of unbranched alkanes of at least 4 members (excludes halogenated alkanes) is 1. The summed E-state index contributed by atoms with van der Waals surface area (Å²) in [6, 6.07) is 14.4. The van der Waals surface area contributed by atoms with Crippen LogP contribution >= 0.6 is 31.9 Å². The number of hydrogen-bond acceptors (Lipinski definition) is 4. The Kier molecular flexibility index (Phi) is 6.35. The van der Waals surface area contributed by atoms with Gasteiger partial charge in [0.2, 0.25) is 0 Å². The Morgan fingerprint density at radius 3 is 2.66 bits per heavy atom. The largest absolute Gasteiger partial charge is 0.497 e. The maximum absolute atomic E-state index is 6.37. The molecule has 29 heavy (non-hydrogen) atoms.